The summed E-state index contributed by atoms with van der Waals surface area (Å²) in [6.45, 7) is 2.67. The molecule has 0 bridgehead atoms. The Labute approximate surface area is 93.3 Å². The predicted octanol–water partition coefficient (Wildman–Crippen LogP) is 3.04. The second-order valence-corrected chi connectivity index (χ2v) is 4.22. The Morgan fingerprint density at radius 2 is 2.14 bits per heavy atom. The summed E-state index contributed by atoms with van der Waals surface area (Å²) in [7, 11) is 1.99. The largest absolute Gasteiger partial charge is 0.372 e. The fourth-order valence-electron chi connectivity index (χ4n) is 1.31. The predicted molar refractivity (Wildman–Crippen MR) is 62.2 cm³/mol. The van der Waals surface area contributed by atoms with Crippen LogP contribution in [-0.4, -0.2) is 13.6 Å². The van der Waals surface area contributed by atoms with E-state index in [1.54, 1.807) is 0 Å². The van der Waals surface area contributed by atoms with Crippen molar-refractivity contribution >= 4 is 21.6 Å². The molecule has 0 saturated carbocycles. The summed E-state index contributed by atoms with van der Waals surface area (Å²) in [5, 5.41) is 8.71. The van der Waals surface area contributed by atoms with Crippen LogP contribution >= 0.6 is 15.9 Å². The zero-order chi connectivity index (χ0) is 10.6. The fourth-order valence-corrected chi connectivity index (χ4v) is 1.90. The van der Waals surface area contributed by atoms with Gasteiger partial charge in [0.15, 0.2) is 0 Å². The highest BCUT2D eigenvalue weighted by atomic mass is 79.9. The Morgan fingerprint density at radius 1 is 1.50 bits per heavy atom. The van der Waals surface area contributed by atoms with Gasteiger partial charge in [0, 0.05) is 18.1 Å². The van der Waals surface area contributed by atoms with Crippen molar-refractivity contribution in [3.8, 4) is 6.07 Å². The number of hydrogen-bond donors (Lipinski definition) is 0. The molecule has 0 amide bonds. The standard InChI is InChI=1S/C11H13BrN2/c1-9(7-13)8-14(2)11-6-4-3-5-10(11)12/h3-6,9H,8H2,1-2H3. The molecule has 74 valence electrons. The third-order valence-corrected chi connectivity index (χ3v) is 2.70. The number of rotatable bonds is 3. The van der Waals surface area contributed by atoms with E-state index in [2.05, 4.69) is 26.9 Å². The van der Waals surface area contributed by atoms with Crippen molar-refractivity contribution in [1.29, 1.82) is 5.26 Å². The molecule has 0 saturated heterocycles. The summed E-state index contributed by atoms with van der Waals surface area (Å²) >= 11 is 3.48. The second kappa shape index (κ2) is 5.02. The Hall–Kier alpha value is -1.01. The van der Waals surface area contributed by atoms with Crippen molar-refractivity contribution in [3.05, 3.63) is 28.7 Å². The summed E-state index contributed by atoms with van der Waals surface area (Å²) in [4.78, 5) is 2.08. The zero-order valence-corrected chi connectivity index (χ0v) is 9.95. The molecule has 0 spiro atoms. The number of halogens is 1. The lowest BCUT2D eigenvalue weighted by Gasteiger charge is -2.21. The fraction of sp³-hybridized carbons (Fsp3) is 0.364. The van der Waals surface area contributed by atoms with E-state index in [1.807, 2.05) is 38.2 Å². The maximum atomic E-state index is 8.71. The molecule has 0 aliphatic rings. The molecule has 1 aromatic rings. The van der Waals surface area contributed by atoms with Gasteiger partial charge in [-0.25, -0.2) is 0 Å². The smallest absolute Gasteiger partial charge is 0.0671 e. The number of nitrogens with zero attached hydrogens (tertiary/aromatic N) is 2. The van der Waals surface area contributed by atoms with Crippen molar-refractivity contribution in [3.63, 3.8) is 0 Å². The summed E-state index contributed by atoms with van der Waals surface area (Å²) in [5.41, 5.74) is 1.12. The lowest BCUT2D eigenvalue weighted by Crippen LogP contribution is -2.23. The van der Waals surface area contributed by atoms with Gasteiger partial charge in [0.2, 0.25) is 0 Å². The highest BCUT2D eigenvalue weighted by Gasteiger charge is 2.08. The van der Waals surface area contributed by atoms with Crippen molar-refractivity contribution in [2.75, 3.05) is 18.5 Å². The average Bonchev–Trinajstić information content (AvgIpc) is 2.18. The lowest BCUT2D eigenvalue weighted by atomic mass is 10.2. The van der Waals surface area contributed by atoms with Gasteiger partial charge < -0.3 is 4.90 Å². The Kier molecular flexibility index (Phi) is 3.97. The Bertz CT molecular complexity index is 343. The first-order valence-corrected chi connectivity index (χ1v) is 5.29. The average molecular weight is 253 g/mol. The molecule has 14 heavy (non-hydrogen) atoms. The van der Waals surface area contributed by atoms with Gasteiger partial charge in [-0.05, 0) is 35.0 Å². The van der Waals surface area contributed by atoms with Crippen molar-refractivity contribution in [2.24, 2.45) is 5.92 Å². The van der Waals surface area contributed by atoms with E-state index in [9.17, 15) is 0 Å². The highest BCUT2D eigenvalue weighted by molar-refractivity contribution is 9.10. The van der Waals surface area contributed by atoms with E-state index in [0.717, 1.165) is 16.7 Å². The summed E-state index contributed by atoms with van der Waals surface area (Å²) in [6.07, 6.45) is 0. The quantitative estimate of drug-likeness (QED) is 0.827. The molecule has 0 N–H and O–H groups in total. The number of benzene rings is 1. The second-order valence-electron chi connectivity index (χ2n) is 3.36. The maximum absolute atomic E-state index is 8.71. The highest BCUT2D eigenvalue weighted by Crippen LogP contribution is 2.24. The van der Waals surface area contributed by atoms with Gasteiger partial charge in [-0.15, -0.1) is 0 Å². The van der Waals surface area contributed by atoms with Crippen LogP contribution in [0.4, 0.5) is 5.69 Å². The lowest BCUT2D eigenvalue weighted by molar-refractivity contribution is 0.715. The third-order valence-electron chi connectivity index (χ3n) is 2.03. The van der Waals surface area contributed by atoms with Crippen LogP contribution in [-0.2, 0) is 0 Å². The monoisotopic (exact) mass is 252 g/mol. The molecule has 1 rings (SSSR count). The molecule has 0 aliphatic carbocycles. The Balaban J connectivity index is 2.75. The van der Waals surface area contributed by atoms with Crippen LogP contribution < -0.4 is 4.90 Å². The summed E-state index contributed by atoms with van der Waals surface area (Å²) < 4.78 is 1.06. The maximum Gasteiger partial charge on any atom is 0.0671 e. The van der Waals surface area contributed by atoms with E-state index in [1.165, 1.54) is 0 Å². The SMILES string of the molecule is CC(C#N)CN(C)c1ccccc1Br. The number of nitriles is 1. The molecule has 1 aromatic carbocycles. The van der Waals surface area contributed by atoms with Crippen LogP contribution in [0.3, 0.4) is 0 Å². The molecule has 0 heterocycles. The van der Waals surface area contributed by atoms with E-state index in [4.69, 9.17) is 5.26 Å². The van der Waals surface area contributed by atoms with Gasteiger partial charge in [0.1, 0.15) is 0 Å². The van der Waals surface area contributed by atoms with Gasteiger partial charge in [-0.1, -0.05) is 12.1 Å². The minimum Gasteiger partial charge on any atom is -0.372 e. The van der Waals surface area contributed by atoms with Gasteiger partial charge >= 0.3 is 0 Å². The van der Waals surface area contributed by atoms with Crippen molar-refractivity contribution in [2.45, 2.75) is 6.92 Å². The number of para-hydroxylation sites is 1. The molecule has 0 aromatic heterocycles. The first-order valence-electron chi connectivity index (χ1n) is 4.50. The van der Waals surface area contributed by atoms with Crippen LogP contribution in [0.1, 0.15) is 6.92 Å². The van der Waals surface area contributed by atoms with Gasteiger partial charge in [-0.2, -0.15) is 5.26 Å². The van der Waals surface area contributed by atoms with Crippen molar-refractivity contribution < 1.29 is 0 Å². The number of anilines is 1. The molecule has 0 fully saturated rings. The minimum absolute atomic E-state index is 0.0482. The van der Waals surface area contributed by atoms with Crippen LogP contribution in [0.25, 0.3) is 0 Å². The molecule has 1 unspecified atom stereocenters. The van der Waals surface area contributed by atoms with Gasteiger partial charge in [0.25, 0.3) is 0 Å². The molecular formula is C11H13BrN2. The normalized spacial score (nSPS) is 11.9. The Morgan fingerprint density at radius 3 is 2.71 bits per heavy atom. The molecular weight excluding hydrogens is 240 g/mol. The topological polar surface area (TPSA) is 27.0 Å². The zero-order valence-electron chi connectivity index (χ0n) is 8.37. The number of hydrogen-bond acceptors (Lipinski definition) is 2. The van der Waals surface area contributed by atoms with Crippen molar-refractivity contribution in [1.82, 2.24) is 0 Å². The summed E-state index contributed by atoms with van der Waals surface area (Å²) in [6, 6.07) is 10.2. The van der Waals surface area contributed by atoms with Crippen LogP contribution in [0.15, 0.2) is 28.7 Å². The first kappa shape index (κ1) is 11.1. The summed E-state index contributed by atoms with van der Waals surface area (Å²) in [5.74, 6) is 0.0482. The molecule has 0 radical (unpaired) electrons. The van der Waals surface area contributed by atoms with E-state index < -0.39 is 0 Å². The third kappa shape index (κ3) is 2.74. The van der Waals surface area contributed by atoms with Crippen LogP contribution in [0.5, 0.6) is 0 Å². The molecule has 2 nitrogen and oxygen atoms in total. The van der Waals surface area contributed by atoms with Crippen LogP contribution in [0, 0.1) is 17.2 Å². The van der Waals surface area contributed by atoms with E-state index in [0.29, 0.717) is 0 Å². The molecule has 0 aliphatic heterocycles. The first-order chi connectivity index (χ1) is 6.65. The van der Waals surface area contributed by atoms with E-state index in [-0.39, 0.29) is 5.92 Å². The molecule has 3 heteroatoms. The van der Waals surface area contributed by atoms with E-state index >= 15 is 0 Å². The molecule has 1 atom stereocenters. The van der Waals surface area contributed by atoms with Crippen LogP contribution in [0.2, 0.25) is 0 Å². The minimum atomic E-state index is 0.0482. The van der Waals surface area contributed by atoms with Gasteiger partial charge in [-0.3, -0.25) is 0 Å². The van der Waals surface area contributed by atoms with Gasteiger partial charge in [0.05, 0.1) is 17.7 Å².